The fourth-order valence-electron chi connectivity index (χ4n) is 3.57. The van der Waals surface area contributed by atoms with Crippen LogP contribution in [0, 0.1) is 0 Å². The first kappa shape index (κ1) is 18.5. The first-order valence-electron chi connectivity index (χ1n) is 9.49. The molecule has 144 valence electrons. The summed E-state index contributed by atoms with van der Waals surface area (Å²) >= 11 is 5.73. The molecule has 1 atom stereocenters. The number of ether oxygens (including phenoxy) is 1. The van der Waals surface area contributed by atoms with Crippen LogP contribution in [-0.2, 0) is 17.9 Å². The minimum absolute atomic E-state index is 0.184. The van der Waals surface area contributed by atoms with Crippen LogP contribution in [0.3, 0.4) is 0 Å². The number of fused-ring (bicyclic) bond motifs is 1. The molecule has 2 aromatic carbocycles. The Labute approximate surface area is 170 Å². The molecule has 1 fully saturated rings. The maximum absolute atomic E-state index is 12.7. The van der Waals surface area contributed by atoms with Crippen LogP contribution < -0.4 is 0 Å². The number of thiocarbonyl (C=S) groups is 1. The number of amides is 1. The molecule has 5 nitrogen and oxygen atoms in total. The lowest BCUT2D eigenvalue weighted by atomic mass is 10.1. The summed E-state index contributed by atoms with van der Waals surface area (Å²) < 4.78 is 5.54. The number of benzene rings is 2. The molecule has 1 saturated heterocycles. The summed E-state index contributed by atoms with van der Waals surface area (Å²) in [5.41, 5.74) is 2.18. The van der Waals surface area contributed by atoms with Crippen LogP contribution >= 0.6 is 12.2 Å². The van der Waals surface area contributed by atoms with Crippen molar-refractivity contribution in [2.24, 2.45) is 0 Å². The lowest BCUT2D eigenvalue weighted by molar-refractivity contribution is 0.0399. The Morgan fingerprint density at radius 3 is 2.39 bits per heavy atom. The zero-order chi connectivity index (χ0) is 19.3. The SMILES string of the molecule is O=C(OCc1ccccc1)N1CCCN2C(=S)N(Cc3ccccc3)C=CC12. The van der Waals surface area contributed by atoms with E-state index in [0.29, 0.717) is 6.54 Å². The van der Waals surface area contributed by atoms with Gasteiger partial charge in [-0.3, -0.25) is 4.90 Å². The Kier molecular flexibility index (Phi) is 5.58. The molecule has 4 rings (SSSR count). The van der Waals surface area contributed by atoms with Crippen LogP contribution in [0.5, 0.6) is 0 Å². The minimum atomic E-state index is -0.303. The third-order valence-electron chi connectivity index (χ3n) is 5.00. The zero-order valence-corrected chi connectivity index (χ0v) is 16.4. The van der Waals surface area contributed by atoms with E-state index >= 15 is 0 Å². The number of carbonyl (C=O) groups is 1. The van der Waals surface area contributed by atoms with Gasteiger partial charge in [0.05, 0.1) is 0 Å². The van der Waals surface area contributed by atoms with Gasteiger partial charge in [-0.15, -0.1) is 0 Å². The summed E-state index contributed by atoms with van der Waals surface area (Å²) in [6.07, 6.45) is 4.39. The molecular formula is C22H23N3O2S. The first-order chi connectivity index (χ1) is 13.7. The van der Waals surface area contributed by atoms with E-state index in [1.165, 1.54) is 5.56 Å². The highest BCUT2D eigenvalue weighted by Crippen LogP contribution is 2.24. The lowest BCUT2D eigenvalue weighted by Crippen LogP contribution is -2.60. The summed E-state index contributed by atoms with van der Waals surface area (Å²) in [4.78, 5) is 18.6. The molecule has 2 aromatic rings. The quantitative estimate of drug-likeness (QED) is 0.735. The second-order valence-corrected chi connectivity index (χ2v) is 7.30. The number of carbonyl (C=O) groups excluding carboxylic acids is 1. The molecule has 1 unspecified atom stereocenters. The van der Waals surface area contributed by atoms with Gasteiger partial charge in [0.2, 0.25) is 0 Å². The van der Waals surface area contributed by atoms with Crippen molar-refractivity contribution in [1.82, 2.24) is 14.7 Å². The van der Waals surface area contributed by atoms with E-state index in [4.69, 9.17) is 17.0 Å². The van der Waals surface area contributed by atoms with Gasteiger partial charge in [-0.1, -0.05) is 60.7 Å². The Balaban J connectivity index is 1.43. The fraction of sp³-hybridized carbons (Fsp3) is 0.273. The van der Waals surface area contributed by atoms with E-state index in [0.717, 1.165) is 30.2 Å². The van der Waals surface area contributed by atoms with Crippen LogP contribution in [0.2, 0.25) is 0 Å². The lowest BCUT2D eigenvalue weighted by Gasteiger charge is -2.47. The highest BCUT2D eigenvalue weighted by atomic mass is 32.1. The van der Waals surface area contributed by atoms with Gasteiger partial charge in [0.1, 0.15) is 12.8 Å². The van der Waals surface area contributed by atoms with E-state index in [1.54, 1.807) is 4.90 Å². The second-order valence-electron chi connectivity index (χ2n) is 6.93. The van der Waals surface area contributed by atoms with Crippen molar-refractivity contribution in [3.05, 3.63) is 84.1 Å². The number of hydrogen-bond acceptors (Lipinski definition) is 3. The van der Waals surface area contributed by atoms with E-state index in [2.05, 4.69) is 21.9 Å². The Hall–Kier alpha value is -2.86. The van der Waals surface area contributed by atoms with Crippen LogP contribution in [0.25, 0.3) is 0 Å². The maximum atomic E-state index is 12.7. The van der Waals surface area contributed by atoms with E-state index in [9.17, 15) is 4.79 Å². The summed E-state index contributed by atoms with van der Waals surface area (Å²) in [5, 5.41) is 0.747. The van der Waals surface area contributed by atoms with Gasteiger partial charge < -0.3 is 14.5 Å². The van der Waals surface area contributed by atoms with Crippen LogP contribution in [-0.4, -0.2) is 45.2 Å². The van der Waals surface area contributed by atoms with Gasteiger partial charge >= 0.3 is 6.09 Å². The summed E-state index contributed by atoms with van der Waals surface area (Å²) in [7, 11) is 0. The van der Waals surface area contributed by atoms with E-state index < -0.39 is 0 Å². The Morgan fingerprint density at radius 2 is 1.68 bits per heavy atom. The Bertz CT molecular complexity index is 857. The van der Waals surface area contributed by atoms with Crippen molar-refractivity contribution < 1.29 is 9.53 Å². The number of nitrogens with zero attached hydrogens (tertiary/aromatic N) is 3. The van der Waals surface area contributed by atoms with Gasteiger partial charge in [-0.05, 0) is 35.8 Å². The van der Waals surface area contributed by atoms with Crippen molar-refractivity contribution in [1.29, 1.82) is 0 Å². The summed E-state index contributed by atoms with van der Waals surface area (Å²) in [6, 6.07) is 20.0. The number of rotatable bonds is 4. The van der Waals surface area contributed by atoms with Gasteiger partial charge in [0.25, 0.3) is 0 Å². The van der Waals surface area contributed by atoms with Gasteiger partial charge in [-0.2, -0.15) is 0 Å². The van der Waals surface area contributed by atoms with Gasteiger partial charge in [0, 0.05) is 25.8 Å². The highest BCUT2D eigenvalue weighted by Gasteiger charge is 2.36. The van der Waals surface area contributed by atoms with Crippen molar-refractivity contribution in [3.8, 4) is 0 Å². The molecule has 6 heteroatoms. The predicted octanol–water partition coefficient (Wildman–Crippen LogP) is 3.97. The molecule has 2 heterocycles. The molecule has 0 saturated carbocycles. The smallest absolute Gasteiger partial charge is 0.412 e. The molecule has 0 aromatic heterocycles. The molecule has 0 bridgehead atoms. The monoisotopic (exact) mass is 393 g/mol. The molecular weight excluding hydrogens is 370 g/mol. The molecule has 0 N–H and O–H groups in total. The topological polar surface area (TPSA) is 36.0 Å². The predicted molar refractivity (Wildman–Crippen MR) is 112 cm³/mol. The second kappa shape index (κ2) is 8.44. The number of hydrogen-bond donors (Lipinski definition) is 0. The Morgan fingerprint density at radius 1 is 1.00 bits per heavy atom. The average Bonchev–Trinajstić information content (AvgIpc) is 2.75. The van der Waals surface area contributed by atoms with Crippen molar-refractivity contribution in [2.45, 2.75) is 25.7 Å². The molecule has 2 aliphatic heterocycles. The molecule has 0 spiro atoms. The van der Waals surface area contributed by atoms with Crippen molar-refractivity contribution in [2.75, 3.05) is 13.1 Å². The normalized spacial score (nSPS) is 18.8. The molecule has 1 amide bonds. The van der Waals surface area contributed by atoms with E-state index in [1.807, 2.05) is 60.8 Å². The molecule has 0 aliphatic carbocycles. The van der Waals surface area contributed by atoms with E-state index in [-0.39, 0.29) is 18.9 Å². The van der Waals surface area contributed by atoms with Gasteiger partial charge in [-0.25, -0.2) is 4.79 Å². The van der Waals surface area contributed by atoms with Crippen molar-refractivity contribution in [3.63, 3.8) is 0 Å². The average molecular weight is 394 g/mol. The zero-order valence-electron chi connectivity index (χ0n) is 15.6. The molecule has 0 radical (unpaired) electrons. The highest BCUT2D eigenvalue weighted by molar-refractivity contribution is 7.80. The largest absolute Gasteiger partial charge is 0.444 e. The molecule has 2 aliphatic rings. The third kappa shape index (κ3) is 4.02. The maximum Gasteiger partial charge on any atom is 0.412 e. The standard InChI is InChI=1S/C22H23N3O2S/c26-22(27-17-19-10-5-2-6-11-19)25-14-7-13-24-20(25)12-15-23(21(24)28)16-18-8-3-1-4-9-18/h1-6,8-12,15,20H,7,13-14,16-17H2. The fourth-order valence-corrected chi connectivity index (χ4v) is 3.90. The summed E-state index contributed by atoms with van der Waals surface area (Å²) in [5.74, 6) is 0. The van der Waals surface area contributed by atoms with Crippen molar-refractivity contribution >= 4 is 23.4 Å². The van der Waals surface area contributed by atoms with Crippen LogP contribution in [0.1, 0.15) is 17.5 Å². The molecule has 28 heavy (non-hydrogen) atoms. The third-order valence-corrected chi connectivity index (χ3v) is 5.47. The van der Waals surface area contributed by atoms with Gasteiger partial charge in [0.15, 0.2) is 5.11 Å². The van der Waals surface area contributed by atoms with Crippen LogP contribution in [0.15, 0.2) is 72.9 Å². The summed E-state index contributed by atoms with van der Waals surface area (Å²) in [6.45, 7) is 2.50. The van der Waals surface area contributed by atoms with Crippen LogP contribution in [0.4, 0.5) is 4.79 Å². The first-order valence-corrected chi connectivity index (χ1v) is 9.90. The minimum Gasteiger partial charge on any atom is -0.444 e.